The van der Waals surface area contributed by atoms with E-state index in [1.807, 2.05) is 32.2 Å². The van der Waals surface area contributed by atoms with Crippen molar-refractivity contribution in [1.29, 1.82) is 0 Å². The summed E-state index contributed by atoms with van der Waals surface area (Å²) in [5, 5.41) is 5.25. The average molecular weight is 379 g/mol. The second-order valence-corrected chi connectivity index (χ2v) is 7.37. The summed E-state index contributed by atoms with van der Waals surface area (Å²) < 4.78 is 0. The third kappa shape index (κ3) is 3.42. The van der Waals surface area contributed by atoms with Crippen LogP contribution in [0.4, 0.5) is 5.69 Å². The molecule has 0 spiro atoms. The van der Waals surface area contributed by atoms with Crippen molar-refractivity contribution in [2.24, 2.45) is 5.16 Å². The first kappa shape index (κ1) is 17.6. The first-order valence-corrected chi connectivity index (χ1v) is 9.78. The van der Waals surface area contributed by atoms with Crippen molar-refractivity contribution >= 4 is 22.7 Å². The van der Waals surface area contributed by atoms with E-state index in [9.17, 15) is 0 Å². The van der Waals surface area contributed by atoms with Gasteiger partial charge in [0.1, 0.15) is 23.0 Å². The standard InChI is InChI=1S/C20H21N5OS/c1-4-26-24-15-9-11-25(3)17-8-7-16(23-18(15)17)19-13(2)22-20(27-19)14-6-5-10-21-12-14/h5-8,10,12H,4,9,11H2,1-3H3. The molecule has 0 bridgehead atoms. The van der Waals surface area contributed by atoms with Gasteiger partial charge in [0.05, 0.1) is 22.0 Å². The lowest BCUT2D eigenvalue weighted by Crippen LogP contribution is -2.29. The maximum atomic E-state index is 5.31. The number of oxime groups is 1. The van der Waals surface area contributed by atoms with Crippen LogP contribution in [0.25, 0.3) is 21.1 Å². The topological polar surface area (TPSA) is 63.5 Å². The molecule has 4 heterocycles. The van der Waals surface area contributed by atoms with E-state index in [4.69, 9.17) is 14.8 Å². The van der Waals surface area contributed by atoms with Crippen molar-refractivity contribution in [2.75, 3.05) is 25.1 Å². The molecule has 0 aliphatic carbocycles. The molecular formula is C20H21N5OS. The molecule has 1 aliphatic heterocycles. The van der Waals surface area contributed by atoms with Crippen molar-refractivity contribution in [3.63, 3.8) is 0 Å². The Morgan fingerprint density at radius 2 is 2.15 bits per heavy atom. The van der Waals surface area contributed by atoms with Crippen molar-refractivity contribution in [2.45, 2.75) is 20.3 Å². The molecule has 1 aliphatic rings. The minimum absolute atomic E-state index is 0.552. The van der Waals surface area contributed by atoms with Gasteiger partial charge in [-0.3, -0.25) is 4.98 Å². The van der Waals surface area contributed by atoms with Gasteiger partial charge < -0.3 is 9.74 Å². The van der Waals surface area contributed by atoms with Crippen LogP contribution in [0.3, 0.4) is 0 Å². The van der Waals surface area contributed by atoms with Gasteiger partial charge in [0, 0.05) is 38.0 Å². The molecule has 0 unspecified atom stereocenters. The first-order valence-electron chi connectivity index (χ1n) is 8.97. The van der Waals surface area contributed by atoms with Gasteiger partial charge in [-0.05, 0) is 38.1 Å². The number of hydrogen-bond donors (Lipinski definition) is 0. The zero-order chi connectivity index (χ0) is 18.8. The van der Waals surface area contributed by atoms with E-state index >= 15 is 0 Å². The number of aromatic nitrogens is 3. The van der Waals surface area contributed by atoms with Crippen LogP contribution in [0.1, 0.15) is 24.7 Å². The Labute approximate surface area is 162 Å². The van der Waals surface area contributed by atoms with Crippen molar-refractivity contribution in [3.8, 4) is 21.1 Å². The number of anilines is 1. The molecule has 3 aromatic heterocycles. The predicted molar refractivity (Wildman–Crippen MR) is 109 cm³/mol. The summed E-state index contributed by atoms with van der Waals surface area (Å²) in [6.07, 6.45) is 4.43. The van der Waals surface area contributed by atoms with Crippen molar-refractivity contribution in [1.82, 2.24) is 15.0 Å². The largest absolute Gasteiger partial charge is 0.396 e. The highest BCUT2D eigenvalue weighted by atomic mass is 32.1. The maximum absolute atomic E-state index is 5.31. The predicted octanol–water partition coefficient (Wildman–Crippen LogP) is 4.16. The fraction of sp³-hybridized carbons (Fsp3) is 0.300. The smallest absolute Gasteiger partial charge is 0.125 e. The normalized spacial score (nSPS) is 15.1. The lowest BCUT2D eigenvalue weighted by Gasteiger charge is -2.27. The Bertz CT molecular complexity index is 983. The van der Waals surface area contributed by atoms with E-state index in [0.29, 0.717) is 6.61 Å². The molecule has 27 heavy (non-hydrogen) atoms. The Morgan fingerprint density at radius 3 is 2.93 bits per heavy atom. The minimum atomic E-state index is 0.552. The molecule has 0 radical (unpaired) electrons. The van der Waals surface area contributed by atoms with Gasteiger partial charge in [-0.1, -0.05) is 5.16 Å². The van der Waals surface area contributed by atoms with Crippen molar-refractivity contribution < 1.29 is 4.84 Å². The van der Waals surface area contributed by atoms with E-state index in [1.54, 1.807) is 17.5 Å². The number of fused-ring (bicyclic) bond motifs is 1. The Hall–Kier alpha value is -2.80. The van der Waals surface area contributed by atoms with Crippen LogP contribution in [0, 0.1) is 6.92 Å². The van der Waals surface area contributed by atoms with E-state index in [-0.39, 0.29) is 0 Å². The van der Waals surface area contributed by atoms with Gasteiger partial charge in [0.2, 0.25) is 0 Å². The summed E-state index contributed by atoms with van der Waals surface area (Å²) in [6.45, 7) is 5.42. The fourth-order valence-electron chi connectivity index (χ4n) is 3.09. The number of aryl methyl sites for hydroxylation is 1. The van der Waals surface area contributed by atoms with Crippen LogP contribution < -0.4 is 4.90 Å². The Kier molecular flexibility index (Phi) is 4.85. The van der Waals surface area contributed by atoms with Crippen LogP contribution in [0.5, 0.6) is 0 Å². The zero-order valence-corrected chi connectivity index (χ0v) is 16.5. The highest BCUT2D eigenvalue weighted by Gasteiger charge is 2.23. The molecule has 3 aromatic rings. The van der Waals surface area contributed by atoms with E-state index in [1.165, 1.54) is 0 Å². The first-order chi connectivity index (χ1) is 13.2. The molecule has 6 nitrogen and oxygen atoms in total. The quantitative estimate of drug-likeness (QED) is 0.637. The van der Waals surface area contributed by atoms with Crippen LogP contribution in [0.15, 0.2) is 41.8 Å². The lowest BCUT2D eigenvalue weighted by atomic mass is 10.0. The second kappa shape index (κ2) is 7.44. The summed E-state index contributed by atoms with van der Waals surface area (Å²) in [4.78, 5) is 22.4. The summed E-state index contributed by atoms with van der Waals surface area (Å²) >= 11 is 1.64. The molecule has 4 rings (SSSR count). The zero-order valence-electron chi connectivity index (χ0n) is 15.6. The van der Waals surface area contributed by atoms with Gasteiger partial charge in [0.25, 0.3) is 0 Å². The van der Waals surface area contributed by atoms with Gasteiger partial charge in [-0.15, -0.1) is 11.3 Å². The number of nitrogens with zero attached hydrogens (tertiary/aromatic N) is 5. The monoisotopic (exact) mass is 379 g/mol. The van der Waals surface area contributed by atoms with E-state index in [2.05, 4.69) is 34.2 Å². The SMILES string of the molecule is CCON=C1CCN(C)c2ccc(-c3sc(-c4cccnc4)nc3C)nc21. The maximum Gasteiger partial charge on any atom is 0.125 e. The molecule has 0 fully saturated rings. The molecule has 0 N–H and O–H groups in total. The molecule has 138 valence electrons. The summed E-state index contributed by atoms with van der Waals surface area (Å²) in [7, 11) is 2.08. The molecular weight excluding hydrogens is 358 g/mol. The third-order valence-electron chi connectivity index (χ3n) is 4.48. The van der Waals surface area contributed by atoms with Gasteiger partial charge in [-0.2, -0.15) is 0 Å². The highest BCUT2D eigenvalue weighted by Crippen LogP contribution is 2.36. The van der Waals surface area contributed by atoms with Crippen LogP contribution >= 0.6 is 11.3 Å². The Balaban J connectivity index is 1.77. The molecule has 0 aromatic carbocycles. The number of pyridine rings is 2. The number of rotatable bonds is 4. The van der Waals surface area contributed by atoms with E-state index < -0.39 is 0 Å². The summed E-state index contributed by atoms with van der Waals surface area (Å²) in [6, 6.07) is 8.13. The van der Waals surface area contributed by atoms with Gasteiger partial charge in [-0.25, -0.2) is 9.97 Å². The van der Waals surface area contributed by atoms with Crippen molar-refractivity contribution in [3.05, 3.63) is 48.0 Å². The van der Waals surface area contributed by atoms with Crippen LogP contribution in [-0.2, 0) is 4.84 Å². The molecule has 0 saturated carbocycles. The number of thiazole rings is 1. The minimum Gasteiger partial charge on any atom is -0.396 e. The summed E-state index contributed by atoms with van der Waals surface area (Å²) in [5.74, 6) is 0. The molecule has 0 atom stereocenters. The Morgan fingerprint density at radius 1 is 1.26 bits per heavy atom. The fourth-order valence-corrected chi connectivity index (χ4v) is 4.12. The molecule has 0 saturated heterocycles. The van der Waals surface area contributed by atoms with Gasteiger partial charge >= 0.3 is 0 Å². The van der Waals surface area contributed by atoms with E-state index in [0.717, 1.165) is 56.9 Å². The summed E-state index contributed by atoms with van der Waals surface area (Å²) in [5.41, 5.74) is 5.79. The molecule has 7 heteroatoms. The second-order valence-electron chi connectivity index (χ2n) is 6.37. The van der Waals surface area contributed by atoms with Gasteiger partial charge in [0.15, 0.2) is 0 Å². The third-order valence-corrected chi connectivity index (χ3v) is 5.71. The lowest BCUT2D eigenvalue weighted by molar-refractivity contribution is 0.158. The molecule has 0 amide bonds. The number of hydrogen-bond acceptors (Lipinski definition) is 7. The average Bonchev–Trinajstić information content (AvgIpc) is 3.10. The van der Waals surface area contributed by atoms with Crippen LogP contribution in [-0.4, -0.2) is 40.9 Å². The highest BCUT2D eigenvalue weighted by molar-refractivity contribution is 7.18. The van der Waals surface area contributed by atoms with Crippen LogP contribution in [0.2, 0.25) is 0 Å².